The summed E-state index contributed by atoms with van der Waals surface area (Å²) in [6, 6.07) is 3.93. The minimum atomic E-state index is -2.68. The van der Waals surface area contributed by atoms with Gasteiger partial charge in [-0.15, -0.1) is 0 Å². The molecule has 0 atom stereocenters. The first-order valence-corrected chi connectivity index (χ1v) is 7.88. The Hall–Kier alpha value is -2.70. The van der Waals surface area contributed by atoms with E-state index in [9.17, 15) is 13.6 Å². The van der Waals surface area contributed by atoms with Crippen LogP contribution in [0.25, 0.3) is 11.0 Å². The third-order valence-corrected chi connectivity index (χ3v) is 4.45. The van der Waals surface area contributed by atoms with Crippen LogP contribution in [-0.4, -0.2) is 27.4 Å². The zero-order valence-corrected chi connectivity index (χ0v) is 14.3. The van der Waals surface area contributed by atoms with Crippen LogP contribution in [0.4, 0.5) is 8.78 Å². The van der Waals surface area contributed by atoms with Gasteiger partial charge >= 0.3 is 6.55 Å². The van der Waals surface area contributed by atoms with Crippen LogP contribution < -0.4 is 0 Å². The lowest BCUT2D eigenvalue weighted by Crippen LogP contribution is -2.29. The standard InChI is InChI=1S/C18H19F2N3O2/c1-11-4-5-14-13(10-25-17(14)12(11)2)8-16(24)22(3)9-15-21-6-7-23(15)18(19)20/h4-7,10,18H,8-9H2,1-3H3. The lowest BCUT2D eigenvalue weighted by atomic mass is 10.0. The summed E-state index contributed by atoms with van der Waals surface area (Å²) in [5.74, 6) is -0.0425. The zero-order chi connectivity index (χ0) is 18.1. The van der Waals surface area contributed by atoms with Crippen LogP contribution in [-0.2, 0) is 17.8 Å². The minimum Gasteiger partial charge on any atom is -0.464 e. The van der Waals surface area contributed by atoms with Crippen molar-refractivity contribution in [2.24, 2.45) is 0 Å². The molecule has 1 amide bonds. The third-order valence-electron chi connectivity index (χ3n) is 4.45. The number of benzene rings is 1. The van der Waals surface area contributed by atoms with Gasteiger partial charge in [0.05, 0.1) is 19.2 Å². The van der Waals surface area contributed by atoms with Gasteiger partial charge in [0.25, 0.3) is 0 Å². The van der Waals surface area contributed by atoms with Gasteiger partial charge in [0.15, 0.2) is 0 Å². The molecule has 3 aromatic rings. The molecule has 3 rings (SSSR count). The Morgan fingerprint density at radius 3 is 2.84 bits per heavy atom. The van der Waals surface area contributed by atoms with Crippen LogP contribution in [0, 0.1) is 13.8 Å². The highest BCUT2D eigenvalue weighted by Gasteiger charge is 2.18. The van der Waals surface area contributed by atoms with Gasteiger partial charge in [0.2, 0.25) is 5.91 Å². The molecule has 2 aromatic heterocycles. The van der Waals surface area contributed by atoms with E-state index in [1.807, 2.05) is 26.0 Å². The molecular formula is C18H19F2N3O2. The van der Waals surface area contributed by atoms with E-state index in [2.05, 4.69) is 4.98 Å². The van der Waals surface area contributed by atoms with Gasteiger partial charge in [-0.3, -0.25) is 9.36 Å². The number of hydrogen-bond acceptors (Lipinski definition) is 3. The van der Waals surface area contributed by atoms with Gasteiger partial charge in [-0.05, 0) is 25.0 Å². The fourth-order valence-corrected chi connectivity index (χ4v) is 2.77. The summed E-state index contributed by atoms with van der Waals surface area (Å²) in [6.45, 7) is 1.32. The van der Waals surface area contributed by atoms with E-state index in [1.54, 1.807) is 13.3 Å². The summed E-state index contributed by atoms with van der Waals surface area (Å²) in [6.07, 6.45) is 4.23. The van der Waals surface area contributed by atoms with Crippen LogP contribution >= 0.6 is 0 Å². The zero-order valence-electron chi connectivity index (χ0n) is 14.3. The number of carbonyl (C=O) groups excluding carboxylic acids is 1. The molecule has 5 nitrogen and oxygen atoms in total. The second kappa shape index (κ2) is 6.66. The highest BCUT2D eigenvalue weighted by atomic mass is 19.3. The summed E-state index contributed by atoms with van der Waals surface area (Å²) in [4.78, 5) is 17.8. The molecule has 25 heavy (non-hydrogen) atoms. The van der Waals surface area contributed by atoms with Gasteiger partial charge in [0, 0.05) is 30.4 Å². The maximum absolute atomic E-state index is 12.9. The van der Waals surface area contributed by atoms with E-state index in [0.29, 0.717) is 0 Å². The number of likely N-dealkylation sites (N-methyl/N-ethyl adjacent to an activating group) is 1. The molecule has 0 aliphatic carbocycles. The molecule has 0 spiro atoms. The van der Waals surface area contributed by atoms with Crippen molar-refractivity contribution >= 4 is 16.9 Å². The number of rotatable bonds is 5. The van der Waals surface area contributed by atoms with Crippen molar-refractivity contribution in [1.29, 1.82) is 0 Å². The molecule has 0 saturated heterocycles. The molecule has 0 saturated carbocycles. The van der Waals surface area contributed by atoms with E-state index in [-0.39, 0.29) is 24.7 Å². The largest absolute Gasteiger partial charge is 0.464 e. The molecule has 0 N–H and O–H groups in total. The van der Waals surface area contributed by atoms with Crippen LogP contribution in [0.3, 0.4) is 0 Å². The predicted molar refractivity (Wildman–Crippen MR) is 89.3 cm³/mol. The van der Waals surface area contributed by atoms with Crippen molar-refractivity contribution in [1.82, 2.24) is 14.5 Å². The summed E-state index contributed by atoms with van der Waals surface area (Å²) >= 11 is 0. The van der Waals surface area contributed by atoms with Gasteiger partial charge in [-0.2, -0.15) is 8.78 Å². The quantitative estimate of drug-likeness (QED) is 0.705. The van der Waals surface area contributed by atoms with Gasteiger partial charge in [-0.25, -0.2) is 4.98 Å². The molecule has 0 aliphatic heterocycles. The second-order valence-corrected chi connectivity index (χ2v) is 6.10. The number of imidazole rings is 1. The number of furan rings is 1. The van der Waals surface area contributed by atoms with Crippen molar-refractivity contribution < 1.29 is 18.0 Å². The summed E-state index contributed by atoms with van der Waals surface area (Å²) in [5, 5.41) is 0.902. The smallest absolute Gasteiger partial charge is 0.319 e. The fraction of sp³-hybridized carbons (Fsp3) is 0.333. The Balaban J connectivity index is 1.76. The molecular weight excluding hydrogens is 328 g/mol. The average molecular weight is 347 g/mol. The average Bonchev–Trinajstić information content (AvgIpc) is 3.18. The Kier molecular flexibility index (Phi) is 4.57. The highest BCUT2D eigenvalue weighted by molar-refractivity contribution is 5.89. The predicted octanol–water partition coefficient (Wildman–Crippen LogP) is 3.84. The van der Waals surface area contributed by atoms with Gasteiger partial charge < -0.3 is 9.32 Å². The van der Waals surface area contributed by atoms with Crippen molar-refractivity contribution in [3.8, 4) is 0 Å². The Bertz CT molecular complexity index is 914. The third kappa shape index (κ3) is 3.26. The SMILES string of the molecule is Cc1ccc2c(CC(=O)N(C)Cc3nccn3C(F)F)coc2c1C. The number of aryl methyl sites for hydroxylation is 2. The molecule has 0 bridgehead atoms. The number of fused-ring (bicyclic) bond motifs is 1. The molecule has 0 aliphatic rings. The lowest BCUT2D eigenvalue weighted by molar-refractivity contribution is -0.129. The molecule has 132 valence electrons. The Morgan fingerprint density at radius 1 is 1.36 bits per heavy atom. The number of amides is 1. The van der Waals surface area contributed by atoms with E-state index >= 15 is 0 Å². The summed E-state index contributed by atoms with van der Waals surface area (Å²) < 4.78 is 32.1. The first-order chi connectivity index (χ1) is 11.9. The normalized spacial score (nSPS) is 11.4. The fourth-order valence-electron chi connectivity index (χ4n) is 2.77. The number of hydrogen-bond donors (Lipinski definition) is 0. The van der Waals surface area contributed by atoms with Crippen LogP contribution in [0.5, 0.6) is 0 Å². The number of carbonyl (C=O) groups is 1. The van der Waals surface area contributed by atoms with E-state index in [0.717, 1.165) is 32.2 Å². The Morgan fingerprint density at radius 2 is 2.12 bits per heavy atom. The van der Waals surface area contributed by atoms with Crippen LogP contribution in [0.15, 0.2) is 35.2 Å². The number of halogens is 2. The molecule has 0 fully saturated rings. The summed E-state index contributed by atoms with van der Waals surface area (Å²) in [7, 11) is 1.57. The van der Waals surface area contributed by atoms with Crippen molar-refractivity contribution in [3.63, 3.8) is 0 Å². The van der Waals surface area contributed by atoms with E-state index < -0.39 is 6.55 Å². The van der Waals surface area contributed by atoms with Gasteiger partial charge in [0.1, 0.15) is 11.4 Å². The molecule has 7 heteroatoms. The molecule has 0 radical (unpaired) electrons. The maximum atomic E-state index is 12.9. The minimum absolute atomic E-state index is 0.0179. The lowest BCUT2D eigenvalue weighted by Gasteiger charge is -2.17. The van der Waals surface area contributed by atoms with Crippen molar-refractivity contribution in [3.05, 3.63) is 53.3 Å². The molecule has 0 unspecified atom stereocenters. The highest BCUT2D eigenvalue weighted by Crippen LogP contribution is 2.27. The van der Waals surface area contributed by atoms with E-state index in [4.69, 9.17) is 4.42 Å². The number of aromatic nitrogens is 2. The van der Waals surface area contributed by atoms with E-state index in [1.165, 1.54) is 17.3 Å². The molecule has 1 aromatic carbocycles. The number of alkyl halides is 2. The second-order valence-electron chi connectivity index (χ2n) is 6.10. The van der Waals surface area contributed by atoms with Crippen LogP contribution in [0.1, 0.15) is 29.1 Å². The topological polar surface area (TPSA) is 51.3 Å². The van der Waals surface area contributed by atoms with Crippen molar-refractivity contribution in [2.75, 3.05) is 7.05 Å². The van der Waals surface area contributed by atoms with Crippen molar-refractivity contribution in [2.45, 2.75) is 33.4 Å². The summed E-state index contributed by atoms with van der Waals surface area (Å²) in [5.41, 5.74) is 3.73. The van der Waals surface area contributed by atoms with Gasteiger partial charge in [-0.1, -0.05) is 12.1 Å². The monoisotopic (exact) mass is 347 g/mol. The number of nitrogens with zero attached hydrogens (tertiary/aromatic N) is 3. The Labute approximate surface area is 143 Å². The maximum Gasteiger partial charge on any atom is 0.319 e. The first-order valence-electron chi connectivity index (χ1n) is 7.88. The first kappa shape index (κ1) is 17.1. The van der Waals surface area contributed by atoms with Crippen LogP contribution in [0.2, 0.25) is 0 Å². The molecule has 2 heterocycles.